The average Bonchev–Trinajstić information content (AvgIpc) is 3.10. The average molecular weight is 272 g/mol. The second-order valence-electron chi connectivity index (χ2n) is 4.39. The number of benzene rings is 1. The summed E-state index contributed by atoms with van der Waals surface area (Å²) < 4.78 is 0. The summed E-state index contributed by atoms with van der Waals surface area (Å²) in [7, 11) is 0. The fraction of sp³-hybridized carbons (Fsp3) is 0.250. The van der Waals surface area contributed by atoms with Crippen molar-refractivity contribution < 1.29 is 9.59 Å². The summed E-state index contributed by atoms with van der Waals surface area (Å²) in [4.78, 5) is 25.2. The second-order valence-corrected chi connectivity index (χ2v) is 4.39. The van der Waals surface area contributed by atoms with Crippen molar-refractivity contribution in [3.63, 3.8) is 0 Å². The summed E-state index contributed by atoms with van der Waals surface area (Å²) in [5.41, 5.74) is 1.36. The molecule has 20 heavy (non-hydrogen) atoms. The maximum Gasteiger partial charge on any atom is 0.297 e. The molecule has 0 aliphatic carbocycles. The highest BCUT2D eigenvalue weighted by Gasteiger charge is 2.22. The second kappa shape index (κ2) is 5.08. The molecule has 1 aliphatic heterocycles. The van der Waals surface area contributed by atoms with E-state index in [-0.39, 0.29) is 11.7 Å². The monoisotopic (exact) mass is 272 g/mol. The summed E-state index contributed by atoms with van der Waals surface area (Å²) in [6.45, 7) is 0.709. The summed E-state index contributed by atoms with van der Waals surface area (Å²) in [6, 6.07) is 7.11. The first-order valence-corrected chi connectivity index (χ1v) is 6.19. The number of H-pyrrole nitrogens is 1. The standard InChI is InChI=1S/C12H12N6O2/c19-10-5-2-6-18(10)9-4-1-3-8(7-9)13-12(20)11-14-16-17-15-11/h1,3-4,7H,2,5-6H2,(H,13,20)(H,14,15,16,17). The first-order chi connectivity index (χ1) is 9.74. The molecule has 2 amide bonds. The van der Waals surface area contributed by atoms with Crippen LogP contribution >= 0.6 is 0 Å². The number of rotatable bonds is 3. The van der Waals surface area contributed by atoms with Gasteiger partial charge in [0, 0.05) is 24.3 Å². The minimum atomic E-state index is -0.455. The highest BCUT2D eigenvalue weighted by Crippen LogP contribution is 2.24. The number of hydrogen-bond donors (Lipinski definition) is 2. The maximum absolute atomic E-state index is 11.8. The Morgan fingerprint density at radius 2 is 2.30 bits per heavy atom. The van der Waals surface area contributed by atoms with Gasteiger partial charge in [-0.1, -0.05) is 6.07 Å². The van der Waals surface area contributed by atoms with Crippen LogP contribution < -0.4 is 10.2 Å². The molecule has 1 aromatic heterocycles. The van der Waals surface area contributed by atoms with Gasteiger partial charge in [0.25, 0.3) is 11.7 Å². The van der Waals surface area contributed by atoms with Crippen LogP contribution in [-0.2, 0) is 4.79 Å². The van der Waals surface area contributed by atoms with Gasteiger partial charge in [-0.05, 0) is 29.8 Å². The number of nitrogens with zero attached hydrogens (tertiary/aromatic N) is 4. The van der Waals surface area contributed by atoms with E-state index in [1.54, 1.807) is 23.1 Å². The zero-order chi connectivity index (χ0) is 13.9. The number of nitrogens with one attached hydrogen (secondary N) is 2. The van der Waals surface area contributed by atoms with Crippen molar-refractivity contribution in [3.8, 4) is 0 Å². The molecule has 3 rings (SSSR count). The predicted molar refractivity (Wildman–Crippen MR) is 70.2 cm³/mol. The molecular formula is C12H12N6O2. The van der Waals surface area contributed by atoms with Crippen molar-refractivity contribution >= 4 is 23.2 Å². The van der Waals surface area contributed by atoms with Crippen LogP contribution in [0.5, 0.6) is 0 Å². The van der Waals surface area contributed by atoms with E-state index >= 15 is 0 Å². The van der Waals surface area contributed by atoms with E-state index in [1.807, 2.05) is 6.07 Å². The molecule has 1 fully saturated rings. The van der Waals surface area contributed by atoms with Gasteiger partial charge < -0.3 is 10.2 Å². The fourth-order valence-corrected chi connectivity index (χ4v) is 2.12. The summed E-state index contributed by atoms with van der Waals surface area (Å²) in [5, 5.41) is 15.4. The number of anilines is 2. The number of hydrogen-bond acceptors (Lipinski definition) is 5. The van der Waals surface area contributed by atoms with Crippen LogP contribution in [0.25, 0.3) is 0 Å². The highest BCUT2D eigenvalue weighted by molar-refractivity contribution is 6.02. The Hall–Kier alpha value is -2.77. The van der Waals surface area contributed by atoms with Crippen LogP contribution in [0.2, 0.25) is 0 Å². The number of carbonyl (C=O) groups is 2. The normalized spacial score (nSPS) is 14.6. The van der Waals surface area contributed by atoms with E-state index in [0.29, 0.717) is 18.7 Å². The number of amides is 2. The van der Waals surface area contributed by atoms with Crippen molar-refractivity contribution in [3.05, 3.63) is 30.1 Å². The van der Waals surface area contributed by atoms with E-state index in [1.165, 1.54) is 0 Å². The van der Waals surface area contributed by atoms with Gasteiger partial charge >= 0.3 is 0 Å². The van der Waals surface area contributed by atoms with Gasteiger partial charge in [0.1, 0.15) is 0 Å². The Kier molecular flexibility index (Phi) is 3.12. The third-order valence-electron chi connectivity index (χ3n) is 3.04. The lowest BCUT2D eigenvalue weighted by Gasteiger charge is -2.16. The Balaban J connectivity index is 1.78. The minimum absolute atomic E-state index is 0.0346. The Bertz CT molecular complexity index is 639. The molecule has 8 nitrogen and oxygen atoms in total. The largest absolute Gasteiger partial charge is 0.319 e. The molecule has 0 spiro atoms. The molecule has 2 N–H and O–H groups in total. The Morgan fingerprint density at radius 1 is 1.40 bits per heavy atom. The van der Waals surface area contributed by atoms with Gasteiger partial charge in [-0.15, -0.1) is 10.2 Å². The van der Waals surface area contributed by atoms with Crippen molar-refractivity contribution in [1.82, 2.24) is 20.6 Å². The van der Waals surface area contributed by atoms with Gasteiger partial charge in [-0.3, -0.25) is 9.59 Å². The number of aromatic amines is 1. The molecule has 1 aliphatic rings. The maximum atomic E-state index is 11.8. The molecule has 2 aromatic rings. The zero-order valence-corrected chi connectivity index (χ0v) is 10.5. The molecule has 8 heteroatoms. The molecular weight excluding hydrogens is 260 g/mol. The van der Waals surface area contributed by atoms with Crippen LogP contribution in [0.1, 0.15) is 23.5 Å². The van der Waals surface area contributed by atoms with Crippen molar-refractivity contribution in [2.75, 3.05) is 16.8 Å². The zero-order valence-electron chi connectivity index (χ0n) is 10.5. The quantitative estimate of drug-likeness (QED) is 0.850. The SMILES string of the molecule is O=C(Nc1cccc(N2CCCC2=O)c1)c1nn[nH]n1. The van der Waals surface area contributed by atoms with Crippen LogP contribution in [0.4, 0.5) is 11.4 Å². The van der Waals surface area contributed by atoms with Gasteiger partial charge in [0.15, 0.2) is 0 Å². The first kappa shape index (κ1) is 12.3. The van der Waals surface area contributed by atoms with Crippen molar-refractivity contribution in [1.29, 1.82) is 0 Å². The third-order valence-corrected chi connectivity index (χ3v) is 3.04. The van der Waals surface area contributed by atoms with Gasteiger partial charge in [0.2, 0.25) is 5.91 Å². The smallest absolute Gasteiger partial charge is 0.297 e. The topological polar surface area (TPSA) is 104 Å². The third kappa shape index (κ3) is 2.35. The van der Waals surface area contributed by atoms with E-state index in [2.05, 4.69) is 25.9 Å². The summed E-state index contributed by atoms with van der Waals surface area (Å²) in [6.07, 6.45) is 1.43. The lowest BCUT2D eigenvalue weighted by Crippen LogP contribution is -2.23. The van der Waals surface area contributed by atoms with E-state index in [4.69, 9.17) is 0 Å². The van der Waals surface area contributed by atoms with Gasteiger partial charge in [-0.2, -0.15) is 5.21 Å². The number of tetrazole rings is 1. The predicted octanol–water partition coefficient (Wildman–Crippen LogP) is 0.579. The minimum Gasteiger partial charge on any atom is -0.319 e. The van der Waals surface area contributed by atoms with Gasteiger partial charge in [0.05, 0.1) is 0 Å². The Labute approximate surface area is 114 Å². The molecule has 0 unspecified atom stereocenters. The van der Waals surface area contributed by atoms with E-state index in [0.717, 1.165) is 12.1 Å². The number of aromatic nitrogens is 4. The first-order valence-electron chi connectivity index (χ1n) is 6.19. The van der Waals surface area contributed by atoms with Crippen LogP contribution in [0, 0.1) is 0 Å². The Morgan fingerprint density at radius 3 is 3.00 bits per heavy atom. The van der Waals surface area contributed by atoms with Crippen LogP contribution in [0.15, 0.2) is 24.3 Å². The molecule has 0 bridgehead atoms. The summed E-state index contributed by atoms with van der Waals surface area (Å²) in [5.74, 6) is -0.386. The van der Waals surface area contributed by atoms with Crippen LogP contribution in [-0.4, -0.2) is 39.0 Å². The highest BCUT2D eigenvalue weighted by atomic mass is 16.2. The molecule has 1 aromatic carbocycles. The molecule has 0 atom stereocenters. The molecule has 1 saturated heterocycles. The molecule has 0 radical (unpaired) electrons. The summed E-state index contributed by atoms with van der Waals surface area (Å²) >= 11 is 0. The van der Waals surface area contributed by atoms with Crippen molar-refractivity contribution in [2.24, 2.45) is 0 Å². The molecule has 2 heterocycles. The molecule has 0 saturated carbocycles. The van der Waals surface area contributed by atoms with Crippen LogP contribution in [0.3, 0.4) is 0 Å². The van der Waals surface area contributed by atoms with E-state index in [9.17, 15) is 9.59 Å². The van der Waals surface area contributed by atoms with E-state index < -0.39 is 5.91 Å². The molecule has 102 valence electrons. The fourth-order valence-electron chi connectivity index (χ4n) is 2.12. The lowest BCUT2D eigenvalue weighted by atomic mass is 10.2. The number of carbonyl (C=O) groups excluding carboxylic acids is 2. The lowest BCUT2D eigenvalue weighted by molar-refractivity contribution is -0.117. The van der Waals surface area contributed by atoms with Crippen molar-refractivity contribution in [2.45, 2.75) is 12.8 Å². The van der Waals surface area contributed by atoms with Gasteiger partial charge in [-0.25, -0.2) is 0 Å².